The van der Waals surface area contributed by atoms with E-state index in [-0.39, 0.29) is 9.77 Å². The van der Waals surface area contributed by atoms with Crippen LogP contribution in [0.1, 0.15) is 34.8 Å². The lowest BCUT2D eigenvalue weighted by Crippen LogP contribution is -2.39. The van der Waals surface area contributed by atoms with Crippen LogP contribution in [-0.4, -0.2) is 38.4 Å². The number of nitrogens with zero attached hydrogens (tertiary/aromatic N) is 1. The molecular weight excluding hydrogens is 378 g/mol. The average Bonchev–Trinajstić information content (AvgIpc) is 3.24. The largest absolute Gasteiger partial charge is 0.365 e. The second-order valence-electron chi connectivity index (χ2n) is 5.72. The predicted molar refractivity (Wildman–Crippen MR) is 103 cm³/mol. The standard InChI is InChI=1S/C16H23N3O3S3/c1-3-12(2)19(10-13-5-4-8-23-13)7-6-18-25(21,22)14-9-15(16(17)20)24-11-14/h4-5,8-9,11-12,18H,3,6-7,10H2,1-2H3,(H2,17,20). The van der Waals surface area contributed by atoms with E-state index >= 15 is 0 Å². The van der Waals surface area contributed by atoms with Gasteiger partial charge >= 0.3 is 0 Å². The van der Waals surface area contributed by atoms with Crippen molar-refractivity contribution in [3.63, 3.8) is 0 Å². The maximum Gasteiger partial charge on any atom is 0.258 e. The molecule has 2 heterocycles. The third-order valence-corrected chi connectivity index (χ3v) is 7.37. The summed E-state index contributed by atoms with van der Waals surface area (Å²) in [6.07, 6.45) is 0.991. The number of carbonyl (C=O) groups is 1. The van der Waals surface area contributed by atoms with E-state index in [9.17, 15) is 13.2 Å². The highest BCUT2D eigenvalue weighted by Gasteiger charge is 2.19. The first-order valence-electron chi connectivity index (χ1n) is 7.98. The Morgan fingerprint density at radius 1 is 1.40 bits per heavy atom. The third kappa shape index (κ3) is 5.61. The van der Waals surface area contributed by atoms with Crippen molar-refractivity contribution >= 4 is 38.6 Å². The third-order valence-electron chi connectivity index (χ3n) is 3.97. The number of rotatable bonds is 10. The van der Waals surface area contributed by atoms with Gasteiger partial charge in [0.1, 0.15) is 0 Å². The van der Waals surface area contributed by atoms with Crippen LogP contribution in [0.2, 0.25) is 0 Å². The van der Waals surface area contributed by atoms with E-state index < -0.39 is 15.9 Å². The molecule has 1 atom stereocenters. The van der Waals surface area contributed by atoms with Gasteiger partial charge in [-0.1, -0.05) is 13.0 Å². The number of nitrogens with two attached hydrogens (primary N) is 1. The van der Waals surface area contributed by atoms with E-state index in [0.717, 1.165) is 24.3 Å². The van der Waals surface area contributed by atoms with Crippen molar-refractivity contribution in [3.05, 3.63) is 38.7 Å². The molecule has 1 unspecified atom stereocenters. The topological polar surface area (TPSA) is 92.5 Å². The Bertz CT molecular complexity index is 785. The van der Waals surface area contributed by atoms with E-state index in [0.29, 0.717) is 19.1 Å². The molecule has 0 bridgehead atoms. The lowest BCUT2D eigenvalue weighted by Gasteiger charge is -2.28. The van der Waals surface area contributed by atoms with Gasteiger partial charge in [-0.25, -0.2) is 13.1 Å². The van der Waals surface area contributed by atoms with Gasteiger partial charge < -0.3 is 5.73 Å². The molecule has 25 heavy (non-hydrogen) atoms. The molecule has 6 nitrogen and oxygen atoms in total. The molecular formula is C16H23N3O3S3. The van der Waals surface area contributed by atoms with Crippen LogP contribution in [0.15, 0.2) is 33.9 Å². The zero-order chi connectivity index (χ0) is 18.4. The van der Waals surface area contributed by atoms with Gasteiger partial charge in [0.05, 0.1) is 9.77 Å². The van der Waals surface area contributed by atoms with Gasteiger partial charge in [-0.2, -0.15) is 0 Å². The maximum absolute atomic E-state index is 12.3. The molecule has 138 valence electrons. The summed E-state index contributed by atoms with van der Waals surface area (Å²) in [7, 11) is -3.63. The number of thiophene rings is 2. The van der Waals surface area contributed by atoms with Crippen molar-refractivity contribution in [2.45, 2.75) is 37.8 Å². The van der Waals surface area contributed by atoms with Crippen molar-refractivity contribution in [3.8, 4) is 0 Å². The molecule has 3 N–H and O–H groups in total. The summed E-state index contributed by atoms with van der Waals surface area (Å²) < 4.78 is 27.3. The van der Waals surface area contributed by atoms with Crippen LogP contribution in [0.4, 0.5) is 0 Å². The highest BCUT2D eigenvalue weighted by Crippen LogP contribution is 2.19. The highest BCUT2D eigenvalue weighted by atomic mass is 32.2. The number of primary amides is 1. The van der Waals surface area contributed by atoms with E-state index in [2.05, 4.69) is 29.5 Å². The summed E-state index contributed by atoms with van der Waals surface area (Å²) in [6, 6.07) is 5.77. The van der Waals surface area contributed by atoms with Crippen molar-refractivity contribution in [1.29, 1.82) is 0 Å². The molecule has 0 radical (unpaired) electrons. The van der Waals surface area contributed by atoms with Gasteiger partial charge in [0.25, 0.3) is 5.91 Å². The number of amides is 1. The van der Waals surface area contributed by atoms with Crippen LogP contribution in [0.5, 0.6) is 0 Å². The molecule has 1 amide bonds. The zero-order valence-corrected chi connectivity index (χ0v) is 16.7. The Labute approximate surface area is 156 Å². The van der Waals surface area contributed by atoms with Crippen molar-refractivity contribution in [1.82, 2.24) is 9.62 Å². The number of hydrogen-bond donors (Lipinski definition) is 2. The minimum atomic E-state index is -3.63. The van der Waals surface area contributed by atoms with Crippen molar-refractivity contribution in [2.75, 3.05) is 13.1 Å². The number of nitrogens with one attached hydrogen (secondary N) is 1. The first-order valence-corrected chi connectivity index (χ1v) is 11.2. The molecule has 9 heteroatoms. The molecule has 2 rings (SSSR count). The lowest BCUT2D eigenvalue weighted by molar-refractivity contribution is 0.100. The Morgan fingerprint density at radius 3 is 2.72 bits per heavy atom. The molecule has 0 fully saturated rings. The predicted octanol–water partition coefficient (Wildman–Crippen LogP) is 2.49. The second-order valence-corrected chi connectivity index (χ2v) is 9.43. The van der Waals surface area contributed by atoms with Crippen molar-refractivity contribution < 1.29 is 13.2 Å². The van der Waals surface area contributed by atoms with Crippen LogP contribution in [-0.2, 0) is 16.6 Å². The van der Waals surface area contributed by atoms with E-state index in [4.69, 9.17) is 5.73 Å². The fourth-order valence-electron chi connectivity index (χ4n) is 2.31. The summed E-state index contributed by atoms with van der Waals surface area (Å²) in [6.45, 7) is 5.98. The maximum atomic E-state index is 12.3. The summed E-state index contributed by atoms with van der Waals surface area (Å²) in [5, 5.41) is 3.47. The van der Waals surface area contributed by atoms with Crippen LogP contribution in [0, 0.1) is 0 Å². The molecule has 0 aliphatic heterocycles. The zero-order valence-electron chi connectivity index (χ0n) is 14.3. The minimum Gasteiger partial charge on any atom is -0.365 e. The molecule has 0 spiro atoms. The SMILES string of the molecule is CCC(C)N(CCNS(=O)(=O)c1csc(C(N)=O)c1)Cc1cccs1. The van der Waals surface area contributed by atoms with Crippen LogP contribution in [0.3, 0.4) is 0 Å². The number of sulfonamides is 1. The first kappa shape index (κ1) is 20.1. The number of carbonyl (C=O) groups excluding carboxylic acids is 1. The van der Waals surface area contributed by atoms with E-state index in [1.807, 2.05) is 11.4 Å². The Kier molecular flexibility index (Phi) is 7.14. The normalized spacial score (nSPS) is 13.2. The molecule has 2 aromatic heterocycles. The van der Waals surface area contributed by atoms with Gasteiger partial charge in [-0.05, 0) is 30.9 Å². The molecule has 0 saturated heterocycles. The molecule has 0 aliphatic carbocycles. The minimum absolute atomic E-state index is 0.0830. The first-order chi connectivity index (χ1) is 11.8. The van der Waals surface area contributed by atoms with Gasteiger partial charge in [-0.3, -0.25) is 9.69 Å². The van der Waals surface area contributed by atoms with E-state index in [1.165, 1.54) is 16.3 Å². The van der Waals surface area contributed by atoms with Crippen molar-refractivity contribution in [2.24, 2.45) is 5.73 Å². The quantitative estimate of drug-likeness (QED) is 0.640. The van der Waals surface area contributed by atoms with E-state index in [1.54, 1.807) is 11.3 Å². The highest BCUT2D eigenvalue weighted by molar-refractivity contribution is 7.89. The summed E-state index contributed by atoms with van der Waals surface area (Å²) >= 11 is 2.73. The average molecular weight is 402 g/mol. The van der Waals surface area contributed by atoms with Crippen LogP contribution < -0.4 is 10.5 Å². The van der Waals surface area contributed by atoms with Gasteiger partial charge in [0.2, 0.25) is 10.0 Å². The monoisotopic (exact) mass is 401 g/mol. The van der Waals surface area contributed by atoms with Crippen LogP contribution >= 0.6 is 22.7 Å². The fourth-order valence-corrected chi connectivity index (χ4v) is 5.19. The summed E-state index contributed by atoms with van der Waals surface area (Å²) in [5.41, 5.74) is 5.17. The molecule has 2 aromatic rings. The molecule has 0 aliphatic rings. The number of hydrogen-bond acceptors (Lipinski definition) is 6. The Balaban J connectivity index is 1.96. The van der Waals surface area contributed by atoms with Gasteiger partial charge in [-0.15, -0.1) is 22.7 Å². The van der Waals surface area contributed by atoms with Gasteiger partial charge in [0.15, 0.2) is 0 Å². The Hall–Kier alpha value is -1.26. The summed E-state index contributed by atoms with van der Waals surface area (Å²) in [4.78, 5) is 15.0. The lowest BCUT2D eigenvalue weighted by atomic mass is 10.2. The smallest absolute Gasteiger partial charge is 0.258 e. The second kappa shape index (κ2) is 8.91. The molecule has 0 aromatic carbocycles. The van der Waals surface area contributed by atoms with Crippen LogP contribution in [0.25, 0.3) is 0 Å². The fraction of sp³-hybridized carbons (Fsp3) is 0.438. The Morgan fingerprint density at radius 2 is 2.16 bits per heavy atom. The summed E-state index contributed by atoms with van der Waals surface area (Å²) in [5.74, 6) is -0.620. The molecule has 0 saturated carbocycles. The van der Waals surface area contributed by atoms with Gasteiger partial charge in [0, 0.05) is 35.9 Å².